The van der Waals surface area contributed by atoms with E-state index in [1.54, 1.807) is 14.0 Å². The third-order valence-corrected chi connectivity index (χ3v) is 4.24. The van der Waals surface area contributed by atoms with Crippen molar-refractivity contribution in [3.8, 4) is 0 Å². The molecule has 4 aromatic rings. The highest BCUT2D eigenvalue weighted by Crippen LogP contribution is 2.22. The number of amides is 1. The van der Waals surface area contributed by atoms with E-state index in [0.717, 1.165) is 10.2 Å². The van der Waals surface area contributed by atoms with Crippen molar-refractivity contribution in [3.05, 3.63) is 65.5 Å². The lowest BCUT2D eigenvalue weighted by molar-refractivity contribution is 0.0785. The molecule has 0 aromatic carbocycles. The van der Waals surface area contributed by atoms with E-state index in [9.17, 15) is 13.6 Å². The molecular weight excluding hydrogens is 354 g/mol. The Hall–Kier alpha value is -3.36. The van der Waals surface area contributed by atoms with Crippen LogP contribution in [0.15, 0.2) is 42.9 Å². The summed E-state index contributed by atoms with van der Waals surface area (Å²) in [5.74, 6) is -0.361. The maximum absolute atomic E-state index is 13.2. The van der Waals surface area contributed by atoms with Gasteiger partial charge in [-0.1, -0.05) is 6.07 Å². The summed E-state index contributed by atoms with van der Waals surface area (Å²) in [6.45, 7) is 1.87. The van der Waals surface area contributed by atoms with Crippen molar-refractivity contribution in [1.29, 1.82) is 0 Å². The average molecular weight is 370 g/mol. The van der Waals surface area contributed by atoms with E-state index >= 15 is 0 Å². The van der Waals surface area contributed by atoms with Crippen molar-refractivity contribution in [2.45, 2.75) is 19.9 Å². The van der Waals surface area contributed by atoms with Crippen LogP contribution >= 0.6 is 0 Å². The SMILES string of the molecule is Cc1cc(C(F)F)n2ncc(C(=O)N(C)Cc3cn4ccccc4n3)c2n1. The van der Waals surface area contributed by atoms with Crippen LogP contribution in [0.2, 0.25) is 0 Å². The molecule has 0 N–H and O–H groups in total. The van der Waals surface area contributed by atoms with Crippen molar-refractivity contribution in [2.75, 3.05) is 7.05 Å². The summed E-state index contributed by atoms with van der Waals surface area (Å²) >= 11 is 0. The second-order valence-electron chi connectivity index (χ2n) is 6.28. The lowest BCUT2D eigenvalue weighted by Crippen LogP contribution is -2.26. The van der Waals surface area contributed by atoms with Crippen LogP contribution in [0.5, 0.6) is 0 Å². The van der Waals surface area contributed by atoms with Crippen molar-refractivity contribution in [3.63, 3.8) is 0 Å². The number of hydrogen-bond donors (Lipinski definition) is 0. The van der Waals surface area contributed by atoms with Gasteiger partial charge in [0.1, 0.15) is 16.9 Å². The Morgan fingerprint density at radius 3 is 2.85 bits per heavy atom. The molecule has 9 heteroatoms. The van der Waals surface area contributed by atoms with Gasteiger partial charge in [0.2, 0.25) is 0 Å². The highest BCUT2D eigenvalue weighted by atomic mass is 19.3. The molecule has 27 heavy (non-hydrogen) atoms. The molecule has 0 unspecified atom stereocenters. The van der Waals surface area contributed by atoms with Crippen molar-refractivity contribution < 1.29 is 13.6 Å². The summed E-state index contributed by atoms with van der Waals surface area (Å²) in [5.41, 5.74) is 1.90. The zero-order chi connectivity index (χ0) is 19.1. The predicted molar refractivity (Wildman–Crippen MR) is 93.7 cm³/mol. The molecule has 0 aliphatic rings. The molecule has 0 spiro atoms. The maximum Gasteiger partial charge on any atom is 0.280 e. The molecule has 0 bridgehead atoms. The first kappa shape index (κ1) is 17.1. The summed E-state index contributed by atoms with van der Waals surface area (Å²) in [7, 11) is 1.62. The number of carbonyl (C=O) groups is 1. The van der Waals surface area contributed by atoms with E-state index in [-0.39, 0.29) is 29.4 Å². The van der Waals surface area contributed by atoms with Crippen molar-refractivity contribution in [1.82, 2.24) is 28.9 Å². The number of pyridine rings is 1. The first-order chi connectivity index (χ1) is 12.9. The largest absolute Gasteiger partial charge is 0.336 e. The van der Waals surface area contributed by atoms with Gasteiger partial charge in [0.05, 0.1) is 18.4 Å². The average Bonchev–Trinajstić information content (AvgIpc) is 3.23. The normalized spacial score (nSPS) is 11.6. The second kappa shape index (κ2) is 6.42. The lowest BCUT2D eigenvalue weighted by Gasteiger charge is -2.15. The van der Waals surface area contributed by atoms with Crippen LogP contribution < -0.4 is 0 Å². The van der Waals surface area contributed by atoms with E-state index < -0.39 is 6.43 Å². The number of fused-ring (bicyclic) bond motifs is 2. The van der Waals surface area contributed by atoms with Crippen LogP contribution in [-0.4, -0.2) is 41.8 Å². The standard InChI is InChI=1S/C18H16F2N6O/c1-11-7-14(16(19)20)26-17(22-11)13(8-21-26)18(27)24(2)9-12-10-25-6-4-3-5-15(25)23-12/h3-8,10,16H,9H2,1-2H3. The quantitative estimate of drug-likeness (QED) is 0.554. The van der Waals surface area contributed by atoms with Gasteiger partial charge in [0, 0.05) is 25.1 Å². The fourth-order valence-electron chi connectivity index (χ4n) is 3.00. The van der Waals surface area contributed by atoms with Crippen LogP contribution in [-0.2, 0) is 6.54 Å². The van der Waals surface area contributed by atoms with Crippen LogP contribution in [0.3, 0.4) is 0 Å². The minimum absolute atomic E-state index is 0.122. The first-order valence-electron chi connectivity index (χ1n) is 8.25. The zero-order valence-corrected chi connectivity index (χ0v) is 14.7. The molecule has 1 amide bonds. The second-order valence-corrected chi connectivity index (χ2v) is 6.28. The fraction of sp³-hybridized carbons (Fsp3) is 0.222. The van der Waals surface area contributed by atoms with E-state index in [1.807, 2.05) is 35.0 Å². The van der Waals surface area contributed by atoms with Crippen LogP contribution in [0.4, 0.5) is 8.78 Å². The fourth-order valence-corrected chi connectivity index (χ4v) is 3.00. The summed E-state index contributed by atoms with van der Waals surface area (Å²) in [5, 5.41) is 3.93. The number of aryl methyl sites for hydroxylation is 1. The van der Waals surface area contributed by atoms with E-state index in [4.69, 9.17) is 0 Å². The minimum Gasteiger partial charge on any atom is -0.336 e. The molecule has 0 radical (unpaired) electrons. The molecule has 0 atom stereocenters. The molecule has 0 aliphatic heterocycles. The number of aromatic nitrogens is 5. The molecule has 138 valence electrons. The lowest BCUT2D eigenvalue weighted by atomic mass is 10.2. The number of imidazole rings is 1. The Balaban J connectivity index is 1.65. The third-order valence-electron chi connectivity index (χ3n) is 4.24. The van der Waals surface area contributed by atoms with Gasteiger partial charge in [0.25, 0.3) is 12.3 Å². The number of hydrogen-bond acceptors (Lipinski definition) is 4. The first-order valence-corrected chi connectivity index (χ1v) is 8.25. The molecular formula is C18H16F2N6O. The van der Waals surface area contributed by atoms with Gasteiger partial charge >= 0.3 is 0 Å². The van der Waals surface area contributed by atoms with Gasteiger partial charge < -0.3 is 9.30 Å². The maximum atomic E-state index is 13.2. The Labute approximate surface area is 152 Å². The number of halogens is 2. The summed E-state index contributed by atoms with van der Waals surface area (Å²) in [4.78, 5) is 23.0. The Kier molecular flexibility index (Phi) is 4.06. The Morgan fingerprint density at radius 1 is 1.30 bits per heavy atom. The molecule has 4 heterocycles. The van der Waals surface area contributed by atoms with Crippen molar-refractivity contribution >= 4 is 17.2 Å². The van der Waals surface area contributed by atoms with Crippen LogP contribution in [0.1, 0.15) is 33.9 Å². The van der Waals surface area contributed by atoms with Gasteiger partial charge in [-0.05, 0) is 25.1 Å². The molecule has 4 aromatic heterocycles. The summed E-state index contributed by atoms with van der Waals surface area (Å²) in [6.07, 6.45) is 2.27. The van der Waals surface area contributed by atoms with Crippen LogP contribution in [0, 0.1) is 6.92 Å². The van der Waals surface area contributed by atoms with Gasteiger partial charge in [0.15, 0.2) is 5.65 Å². The zero-order valence-electron chi connectivity index (χ0n) is 14.7. The van der Waals surface area contributed by atoms with E-state index in [1.165, 1.54) is 17.2 Å². The number of alkyl halides is 2. The number of carbonyl (C=O) groups excluding carboxylic acids is 1. The Bertz CT molecular complexity index is 1120. The van der Waals surface area contributed by atoms with E-state index in [2.05, 4.69) is 15.1 Å². The van der Waals surface area contributed by atoms with Crippen molar-refractivity contribution in [2.24, 2.45) is 0 Å². The van der Waals surface area contributed by atoms with Gasteiger partial charge in [-0.25, -0.2) is 23.3 Å². The topological polar surface area (TPSA) is 67.8 Å². The van der Waals surface area contributed by atoms with Crippen LogP contribution in [0.25, 0.3) is 11.3 Å². The molecule has 0 saturated heterocycles. The molecule has 0 saturated carbocycles. The smallest absolute Gasteiger partial charge is 0.280 e. The molecule has 7 nitrogen and oxygen atoms in total. The minimum atomic E-state index is -2.72. The highest BCUT2D eigenvalue weighted by Gasteiger charge is 2.22. The highest BCUT2D eigenvalue weighted by molar-refractivity contribution is 5.99. The molecule has 0 fully saturated rings. The Morgan fingerprint density at radius 2 is 2.11 bits per heavy atom. The predicted octanol–water partition coefficient (Wildman–Crippen LogP) is 2.90. The summed E-state index contributed by atoms with van der Waals surface area (Å²) < 4.78 is 29.4. The molecule has 4 rings (SSSR count). The van der Waals surface area contributed by atoms with E-state index in [0.29, 0.717) is 11.4 Å². The van der Waals surface area contributed by atoms with Gasteiger partial charge in [-0.3, -0.25) is 4.79 Å². The number of nitrogens with zero attached hydrogens (tertiary/aromatic N) is 6. The van der Waals surface area contributed by atoms with Gasteiger partial charge in [-0.15, -0.1) is 0 Å². The monoisotopic (exact) mass is 370 g/mol. The number of rotatable bonds is 4. The third kappa shape index (κ3) is 3.01. The van der Waals surface area contributed by atoms with Gasteiger partial charge in [-0.2, -0.15) is 5.10 Å². The summed E-state index contributed by atoms with van der Waals surface area (Å²) in [6, 6.07) is 6.91. The molecule has 0 aliphatic carbocycles.